The smallest absolute Gasteiger partial charge is 0.267 e. The minimum Gasteiger partial charge on any atom is -0.267 e. The molecule has 0 aliphatic rings. The highest BCUT2D eigenvalue weighted by molar-refractivity contribution is 6.05. The zero-order valence-electron chi connectivity index (χ0n) is 16.3. The number of hydrogen-bond acceptors (Lipinski definition) is 4. The van der Waals surface area contributed by atoms with Crippen LogP contribution in [0.3, 0.4) is 0 Å². The first-order valence-corrected chi connectivity index (χ1v) is 9.39. The van der Waals surface area contributed by atoms with Crippen molar-refractivity contribution >= 4 is 22.4 Å². The molecule has 0 bridgehead atoms. The summed E-state index contributed by atoms with van der Waals surface area (Å²) in [5, 5.41) is 9.54. The van der Waals surface area contributed by atoms with Crippen molar-refractivity contribution < 1.29 is 4.79 Å². The number of benzene rings is 2. The molecule has 1 heterocycles. The second-order valence-corrected chi connectivity index (χ2v) is 6.85. The number of aromatic nitrogens is 2. The number of rotatable bonds is 6. The van der Waals surface area contributed by atoms with Crippen molar-refractivity contribution in [3.05, 3.63) is 76.2 Å². The summed E-state index contributed by atoms with van der Waals surface area (Å²) in [6.07, 6.45) is 0.939. The second-order valence-electron chi connectivity index (χ2n) is 6.85. The average molecular weight is 376 g/mol. The van der Waals surface area contributed by atoms with Gasteiger partial charge in [-0.2, -0.15) is 10.2 Å². The molecule has 0 radical (unpaired) electrons. The van der Waals surface area contributed by atoms with E-state index in [1.54, 1.807) is 24.3 Å². The monoisotopic (exact) mass is 376 g/mol. The lowest BCUT2D eigenvalue weighted by Crippen LogP contribution is -2.30. The standard InChI is InChI=1S/C22H24N4O2/c1-4-15(2)16(3)23-24-21(27)20-18-12-8-9-13-19(18)22(28)26(25-20)14-17-10-6-5-7-11-17/h5-13,15H,4,14H2,1-3H3,(H,24,27)/b23-16-/t15-/m0/s1. The summed E-state index contributed by atoms with van der Waals surface area (Å²) in [5.41, 5.74) is 4.33. The Hall–Kier alpha value is -3.28. The van der Waals surface area contributed by atoms with E-state index in [1.807, 2.05) is 37.3 Å². The summed E-state index contributed by atoms with van der Waals surface area (Å²) in [6, 6.07) is 16.6. The zero-order chi connectivity index (χ0) is 20.1. The third kappa shape index (κ3) is 4.17. The molecule has 0 saturated carbocycles. The van der Waals surface area contributed by atoms with Gasteiger partial charge in [0.1, 0.15) is 0 Å². The molecule has 6 nitrogen and oxygen atoms in total. The quantitative estimate of drug-likeness (QED) is 0.527. The van der Waals surface area contributed by atoms with Crippen LogP contribution < -0.4 is 11.0 Å². The fraction of sp³-hybridized carbons (Fsp3) is 0.273. The lowest BCUT2D eigenvalue weighted by molar-refractivity contribution is 0.0949. The van der Waals surface area contributed by atoms with E-state index in [4.69, 9.17) is 0 Å². The van der Waals surface area contributed by atoms with Gasteiger partial charge in [0.05, 0.1) is 11.9 Å². The highest BCUT2D eigenvalue weighted by Gasteiger charge is 2.17. The zero-order valence-corrected chi connectivity index (χ0v) is 16.3. The summed E-state index contributed by atoms with van der Waals surface area (Å²) in [7, 11) is 0. The molecule has 0 aliphatic carbocycles. The van der Waals surface area contributed by atoms with E-state index >= 15 is 0 Å². The van der Waals surface area contributed by atoms with Crippen LogP contribution in [-0.2, 0) is 6.54 Å². The van der Waals surface area contributed by atoms with Crippen molar-refractivity contribution in [1.82, 2.24) is 15.2 Å². The Bertz CT molecular complexity index is 1070. The number of fused-ring (bicyclic) bond motifs is 1. The Morgan fingerprint density at radius 1 is 1.11 bits per heavy atom. The maximum absolute atomic E-state index is 12.8. The average Bonchev–Trinajstić information content (AvgIpc) is 2.74. The van der Waals surface area contributed by atoms with Crippen LogP contribution in [0.2, 0.25) is 0 Å². The van der Waals surface area contributed by atoms with Crippen molar-refractivity contribution in [3.63, 3.8) is 0 Å². The minimum absolute atomic E-state index is 0.187. The molecule has 0 saturated heterocycles. The van der Waals surface area contributed by atoms with Crippen LogP contribution in [0.15, 0.2) is 64.5 Å². The third-order valence-corrected chi connectivity index (χ3v) is 4.92. The van der Waals surface area contributed by atoms with Gasteiger partial charge in [-0.25, -0.2) is 10.1 Å². The maximum Gasteiger partial charge on any atom is 0.292 e. The van der Waals surface area contributed by atoms with Crippen molar-refractivity contribution in [1.29, 1.82) is 0 Å². The second kappa shape index (κ2) is 8.61. The SMILES string of the molecule is CC[C@H](C)/C(C)=N\NC(=O)c1nn(Cc2ccccc2)c(=O)c2ccccc12. The fourth-order valence-corrected chi connectivity index (χ4v) is 2.86. The number of hydrogen-bond donors (Lipinski definition) is 1. The lowest BCUT2D eigenvalue weighted by Gasteiger charge is -2.11. The van der Waals surface area contributed by atoms with E-state index in [2.05, 4.69) is 29.5 Å². The molecule has 28 heavy (non-hydrogen) atoms. The third-order valence-electron chi connectivity index (χ3n) is 4.92. The van der Waals surface area contributed by atoms with Gasteiger partial charge in [0.25, 0.3) is 11.5 Å². The number of carbonyl (C=O) groups excluding carboxylic acids is 1. The van der Waals surface area contributed by atoms with Gasteiger partial charge in [0.15, 0.2) is 5.69 Å². The highest BCUT2D eigenvalue weighted by atomic mass is 16.2. The van der Waals surface area contributed by atoms with E-state index in [1.165, 1.54) is 4.68 Å². The van der Waals surface area contributed by atoms with Gasteiger partial charge < -0.3 is 0 Å². The highest BCUT2D eigenvalue weighted by Crippen LogP contribution is 2.14. The lowest BCUT2D eigenvalue weighted by atomic mass is 10.1. The summed E-state index contributed by atoms with van der Waals surface area (Å²) >= 11 is 0. The first-order valence-electron chi connectivity index (χ1n) is 9.39. The largest absolute Gasteiger partial charge is 0.292 e. The van der Waals surface area contributed by atoms with Gasteiger partial charge in [0, 0.05) is 11.1 Å². The van der Waals surface area contributed by atoms with E-state index < -0.39 is 5.91 Å². The van der Waals surface area contributed by atoms with Crippen molar-refractivity contribution in [2.45, 2.75) is 33.7 Å². The van der Waals surface area contributed by atoms with Crippen LogP contribution in [0.1, 0.15) is 43.2 Å². The van der Waals surface area contributed by atoms with Gasteiger partial charge in [-0.1, -0.05) is 62.4 Å². The van der Waals surface area contributed by atoms with Gasteiger partial charge in [-0.05, 0) is 30.9 Å². The predicted molar refractivity (Wildman–Crippen MR) is 112 cm³/mol. The molecule has 3 rings (SSSR count). The molecule has 1 atom stereocenters. The van der Waals surface area contributed by atoms with Crippen LogP contribution in [0, 0.1) is 5.92 Å². The molecule has 6 heteroatoms. The first-order chi connectivity index (χ1) is 13.5. The molecular formula is C22H24N4O2. The molecule has 3 aromatic rings. The van der Waals surface area contributed by atoms with Crippen molar-refractivity contribution in [3.8, 4) is 0 Å². The Balaban J connectivity index is 2.02. The number of hydrazone groups is 1. The van der Waals surface area contributed by atoms with Gasteiger partial charge in [-0.15, -0.1) is 0 Å². The van der Waals surface area contributed by atoms with Crippen LogP contribution in [0.5, 0.6) is 0 Å². The van der Waals surface area contributed by atoms with Crippen LogP contribution in [0.25, 0.3) is 10.8 Å². The molecule has 1 N–H and O–H groups in total. The van der Waals surface area contributed by atoms with Crippen LogP contribution in [-0.4, -0.2) is 21.4 Å². The summed E-state index contributed by atoms with van der Waals surface area (Å²) in [4.78, 5) is 25.6. The molecule has 2 aromatic carbocycles. The molecule has 0 unspecified atom stereocenters. The minimum atomic E-state index is -0.430. The van der Waals surface area contributed by atoms with Gasteiger partial charge in [-0.3, -0.25) is 9.59 Å². The molecule has 1 amide bonds. The van der Waals surface area contributed by atoms with E-state index in [0.717, 1.165) is 17.7 Å². The number of carbonyl (C=O) groups is 1. The van der Waals surface area contributed by atoms with E-state index in [-0.39, 0.29) is 17.2 Å². The Morgan fingerprint density at radius 2 is 1.75 bits per heavy atom. The Morgan fingerprint density at radius 3 is 2.43 bits per heavy atom. The normalized spacial score (nSPS) is 12.8. The van der Waals surface area contributed by atoms with Crippen molar-refractivity contribution in [2.24, 2.45) is 11.0 Å². The van der Waals surface area contributed by atoms with Crippen LogP contribution in [0.4, 0.5) is 0 Å². The predicted octanol–water partition coefficient (Wildman–Crippen LogP) is 3.60. The summed E-state index contributed by atoms with van der Waals surface area (Å²) < 4.78 is 1.33. The topological polar surface area (TPSA) is 76.3 Å². The van der Waals surface area contributed by atoms with E-state index in [0.29, 0.717) is 17.3 Å². The van der Waals surface area contributed by atoms with Crippen molar-refractivity contribution in [2.75, 3.05) is 0 Å². The maximum atomic E-state index is 12.8. The number of nitrogens with one attached hydrogen (secondary N) is 1. The molecule has 144 valence electrons. The first kappa shape index (κ1) is 19.5. The Labute approximate surface area is 163 Å². The van der Waals surface area contributed by atoms with Gasteiger partial charge in [0.2, 0.25) is 0 Å². The molecule has 0 spiro atoms. The number of amides is 1. The summed E-state index contributed by atoms with van der Waals surface area (Å²) in [6.45, 7) is 6.30. The number of nitrogens with zero attached hydrogens (tertiary/aromatic N) is 3. The Kier molecular flexibility index (Phi) is 5.99. The molecule has 1 aromatic heterocycles. The fourth-order valence-electron chi connectivity index (χ4n) is 2.86. The molecule has 0 aliphatic heterocycles. The van der Waals surface area contributed by atoms with E-state index in [9.17, 15) is 9.59 Å². The molecule has 0 fully saturated rings. The summed E-state index contributed by atoms with van der Waals surface area (Å²) in [5.74, 6) is -0.155. The van der Waals surface area contributed by atoms with Crippen LogP contribution >= 0.6 is 0 Å². The van der Waals surface area contributed by atoms with Gasteiger partial charge >= 0.3 is 0 Å². The molecular weight excluding hydrogens is 352 g/mol.